The third-order valence-corrected chi connectivity index (χ3v) is 2.65. The number of carbonyl (C=O) groups excluding carboxylic acids is 2. The number of nitrogens with one attached hydrogen (secondary N) is 1. The molecule has 0 aliphatic carbocycles. The quantitative estimate of drug-likeness (QED) is 0.837. The molecule has 0 aliphatic rings. The second kappa shape index (κ2) is 6.47. The van der Waals surface area contributed by atoms with E-state index >= 15 is 0 Å². The number of aryl methyl sites for hydroxylation is 1. The lowest BCUT2D eigenvalue weighted by Crippen LogP contribution is -2.38. The smallest absolute Gasteiger partial charge is 0.408 e. The average molecular weight is 295 g/mol. The lowest BCUT2D eigenvalue weighted by molar-refractivity contribution is -0.143. The van der Waals surface area contributed by atoms with Crippen LogP contribution in [-0.2, 0) is 14.3 Å². The third-order valence-electron chi connectivity index (χ3n) is 2.65. The van der Waals surface area contributed by atoms with Crippen LogP contribution in [0.3, 0.4) is 0 Å². The van der Waals surface area contributed by atoms with Gasteiger partial charge in [0.2, 0.25) is 0 Å². The molecule has 1 rings (SSSR count). The summed E-state index contributed by atoms with van der Waals surface area (Å²) >= 11 is 0. The summed E-state index contributed by atoms with van der Waals surface area (Å²) in [7, 11) is 1.24. The van der Waals surface area contributed by atoms with Crippen LogP contribution in [0.5, 0.6) is 5.75 Å². The Kier molecular flexibility index (Phi) is 5.18. The van der Waals surface area contributed by atoms with Gasteiger partial charge in [-0.3, -0.25) is 0 Å². The molecule has 1 aromatic carbocycles. The normalized spacial score (nSPS) is 12.4. The molecule has 1 amide bonds. The molecule has 0 radical (unpaired) electrons. The Labute approximate surface area is 124 Å². The maximum atomic E-state index is 11.9. The van der Waals surface area contributed by atoms with E-state index in [2.05, 4.69) is 5.32 Å². The molecule has 6 nitrogen and oxygen atoms in total. The fourth-order valence-electron chi connectivity index (χ4n) is 1.68. The minimum Gasteiger partial charge on any atom is -0.508 e. The highest BCUT2D eigenvalue weighted by Gasteiger charge is 2.26. The lowest BCUT2D eigenvalue weighted by atomic mass is 10.0. The molecule has 0 saturated carbocycles. The number of esters is 1. The highest BCUT2D eigenvalue weighted by Crippen LogP contribution is 2.23. The molecule has 0 heterocycles. The molecule has 0 aromatic heterocycles. The van der Waals surface area contributed by atoms with Crippen molar-refractivity contribution in [3.8, 4) is 5.75 Å². The standard InChI is InChI=1S/C15H21NO5/c1-9-8-10(6-7-11(9)17)12(13(18)20-5)16-14(19)21-15(2,3)4/h6-8,12,17H,1-5H3,(H,16,19). The second-order valence-electron chi connectivity index (χ2n) is 5.65. The molecule has 0 bridgehead atoms. The summed E-state index contributed by atoms with van der Waals surface area (Å²) < 4.78 is 9.83. The van der Waals surface area contributed by atoms with Gasteiger partial charge in [0.05, 0.1) is 7.11 Å². The fourth-order valence-corrected chi connectivity index (χ4v) is 1.68. The van der Waals surface area contributed by atoms with Crippen molar-refractivity contribution >= 4 is 12.1 Å². The van der Waals surface area contributed by atoms with E-state index in [0.29, 0.717) is 11.1 Å². The van der Waals surface area contributed by atoms with Gasteiger partial charge in [-0.15, -0.1) is 0 Å². The number of amides is 1. The summed E-state index contributed by atoms with van der Waals surface area (Å²) in [5, 5.41) is 12.0. The van der Waals surface area contributed by atoms with Gasteiger partial charge in [-0.2, -0.15) is 0 Å². The minimum atomic E-state index is -0.996. The van der Waals surface area contributed by atoms with E-state index in [9.17, 15) is 14.7 Å². The van der Waals surface area contributed by atoms with Crippen LogP contribution in [0.1, 0.15) is 37.9 Å². The maximum Gasteiger partial charge on any atom is 0.408 e. The topological polar surface area (TPSA) is 84.9 Å². The van der Waals surface area contributed by atoms with Crippen LogP contribution < -0.4 is 5.32 Å². The van der Waals surface area contributed by atoms with E-state index in [0.717, 1.165) is 0 Å². The number of hydrogen-bond acceptors (Lipinski definition) is 5. The summed E-state index contributed by atoms with van der Waals surface area (Å²) in [5.74, 6) is -0.509. The first-order chi connectivity index (χ1) is 9.64. The van der Waals surface area contributed by atoms with E-state index in [-0.39, 0.29) is 5.75 Å². The number of phenols is 1. The first-order valence-electron chi connectivity index (χ1n) is 6.51. The monoisotopic (exact) mass is 295 g/mol. The molecule has 0 fully saturated rings. The van der Waals surface area contributed by atoms with Crippen LogP contribution in [-0.4, -0.2) is 29.9 Å². The number of carbonyl (C=O) groups is 2. The maximum absolute atomic E-state index is 11.9. The summed E-state index contributed by atoms with van der Waals surface area (Å²) in [6.45, 7) is 6.87. The Hall–Kier alpha value is -2.24. The first kappa shape index (κ1) is 16.8. The number of alkyl carbamates (subject to hydrolysis) is 1. The van der Waals surface area contributed by atoms with Crippen molar-refractivity contribution < 1.29 is 24.2 Å². The van der Waals surface area contributed by atoms with E-state index in [1.54, 1.807) is 39.8 Å². The Morgan fingerprint density at radius 3 is 2.38 bits per heavy atom. The van der Waals surface area contributed by atoms with Gasteiger partial charge in [0, 0.05) is 0 Å². The van der Waals surface area contributed by atoms with E-state index in [4.69, 9.17) is 9.47 Å². The Morgan fingerprint density at radius 1 is 1.29 bits per heavy atom. The van der Waals surface area contributed by atoms with Crippen molar-refractivity contribution in [2.75, 3.05) is 7.11 Å². The molecular weight excluding hydrogens is 274 g/mol. The van der Waals surface area contributed by atoms with E-state index < -0.39 is 23.7 Å². The molecular formula is C15H21NO5. The number of hydrogen-bond donors (Lipinski definition) is 2. The molecule has 1 atom stereocenters. The molecule has 0 aliphatic heterocycles. The van der Waals surface area contributed by atoms with Crippen molar-refractivity contribution in [2.45, 2.75) is 39.3 Å². The zero-order valence-electron chi connectivity index (χ0n) is 12.9. The lowest BCUT2D eigenvalue weighted by Gasteiger charge is -2.23. The third kappa shape index (κ3) is 4.98. The van der Waals surface area contributed by atoms with Gasteiger partial charge in [0.25, 0.3) is 0 Å². The predicted molar refractivity (Wildman–Crippen MR) is 77.0 cm³/mol. The Balaban J connectivity index is 2.98. The number of methoxy groups -OCH3 is 1. The van der Waals surface area contributed by atoms with Gasteiger partial charge < -0.3 is 19.9 Å². The summed E-state index contributed by atoms with van der Waals surface area (Å²) in [6.07, 6.45) is -0.719. The zero-order chi connectivity index (χ0) is 16.2. The molecule has 6 heteroatoms. The minimum absolute atomic E-state index is 0.111. The van der Waals surface area contributed by atoms with Gasteiger partial charge in [-0.05, 0) is 51.0 Å². The average Bonchev–Trinajstić information content (AvgIpc) is 2.36. The molecule has 0 spiro atoms. The van der Waals surface area contributed by atoms with Crippen molar-refractivity contribution in [3.63, 3.8) is 0 Å². The van der Waals surface area contributed by atoms with Gasteiger partial charge in [-0.25, -0.2) is 9.59 Å². The first-order valence-corrected chi connectivity index (χ1v) is 6.51. The van der Waals surface area contributed by atoms with E-state index in [1.165, 1.54) is 13.2 Å². The second-order valence-corrected chi connectivity index (χ2v) is 5.65. The molecule has 0 saturated heterocycles. The van der Waals surface area contributed by atoms with Crippen LogP contribution >= 0.6 is 0 Å². The fraction of sp³-hybridized carbons (Fsp3) is 0.467. The molecule has 21 heavy (non-hydrogen) atoms. The van der Waals surface area contributed by atoms with Crippen molar-refractivity contribution in [1.29, 1.82) is 0 Å². The van der Waals surface area contributed by atoms with Crippen molar-refractivity contribution in [3.05, 3.63) is 29.3 Å². The molecule has 116 valence electrons. The summed E-state index contributed by atoms with van der Waals surface area (Å²) in [4.78, 5) is 23.7. The molecule has 2 N–H and O–H groups in total. The van der Waals surface area contributed by atoms with Gasteiger partial charge in [0.1, 0.15) is 11.4 Å². The number of aromatic hydroxyl groups is 1. The number of benzene rings is 1. The summed E-state index contributed by atoms with van der Waals surface area (Å²) in [6, 6.07) is 3.61. The van der Waals surface area contributed by atoms with Crippen LogP contribution in [0.2, 0.25) is 0 Å². The van der Waals surface area contributed by atoms with Crippen LogP contribution in [0, 0.1) is 6.92 Å². The highest BCUT2D eigenvalue weighted by molar-refractivity contribution is 5.82. The predicted octanol–water partition coefficient (Wildman–Crippen LogP) is 2.44. The number of phenolic OH excluding ortho intramolecular Hbond substituents is 1. The number of rotatable bonds is 3. The van der Waals surface area contributed by atoms with Gasteiger partial charge >= 0.3 is 12.1 Å². The van der Waals surface area contributed by atoms with Crippen molar-refractivity contribution in [1.82, 2.24) is 5.32 Å². The van der Waals surface area contributed by atoms with Gasteiger partial charge in [0.15, 0.2) is 6.04 Å². The van der Waals surface area contributed by atoms with E-state index in [1.807, 2.05) is 0 Å². The van der Waals surface area contributed by atoms with Gasteiger partial charge in [-0.1, -0.05) is 6.07 Å². The van der Waals surface area contributed by atoms with Crippen LogP contribution in [0.25, 0.3) is 0 Å². The van der Waals surface area contributed by atoms with Crippen molar-refractivity contribution in [2.24, 2.45) is 0 Å². The molecule has 1 unspecified atom stereocenters. The Bertz CT molecular complexity index is 533. The van der Waals surface area contributed by atoms with Crippen LogP contribution in [0.4, 0.5) is 4.79 Å². The highest BCUT2D eigenvalue weighted by atomic mass is 16.6. The summed E-state index contributed by atoms with van der Waals surface area (Å²) in [5.41, 5.74) is 0.422. The molecule has 1 aromatic rings. The largest absolute Gasteiger partial charge is 0.508 e. The Morgan fingerprint density at radius 2 is 1.90 bits per heavy atom. The zero-order valence-corrected chi connectivity index (χ0v) is 12.9. The number of ether oxygens (including phenoxy) is 2. The van der Waals surface area contributed by atoms with Crippen LogP contribution in [0.15, 0.2) is 18.2 Å². The SMILES string of the molecule is COC(=O)C(NC(=O)OC(C)(C)C)c1ccc(O)c(C)c1.